The molecule has 0 radical (unpaired) electrons. The van der Waals surface area contributed by atoms with Crippen molar-refractivity contribution >= 4 is 80.9 Å². The van der Waals surface area contributed by atoms with Gasteiger partial charge in [0.1, 0.15) is 11.4 Å². The fourth-order valence-electron chi connectivity index (χ4n) is 1.89. The molecule has 1 aliphatic heterocycles. The lowest BCUT2D eigenvalue weighted by atomic mass is 9.99. The number of allylic oxidation sites excluding steroid dienone is 2. The number of hydrogen-bond acceptors (Lipinski definition) is 4. The van der Waals surface area contributed by atoms with Gasteiger partial charge >= 0.3 is 0 Å². The van der Waals surface area contributed by atoms with Crippen molar-refractivity contribution in [1.29, 1.82) is 0 Å². The Morgan fingerprint density at radius 2 is 1.59 bits per heavy atom. The van der Waals surface area contributed by atoms with Crippen molar-refractivity contribution < 1.29 is 4.84 Å². The third-order valence-corrected chi connectivity index (χ3v) is 3.79. The summed E-state index contributed by atoms with van der Waals surface area (Å²) < 4.78 is -3.69. The minimum atomic E-state index is -1.86. The monoisotopic (exact) mass is 421 g/mol. The van der Waals surface area contributed by atoms with Gasteiger partial charge in [0.25, 0.3) is 0 Å². The van der Waals surface area contributed by atoms with E-state index in [1.807, 2.05) is 6.07 Å². The first-order valence-corrected chi connectivity index (χ1v) is 8.05. The molecule has 0 aromatic heterocycles. The van der Waals surface area contributed by atoms with Gasteiger partial charge in [0, 0.05) is 5.57 Å². The van der Waals surface area contributed by atoms with Crippen molar-refractivity contribution in [2.45, 2.75) is 7.59 Å². The summed E-state index contributed by atoms with van der Waals surface area (Å²) in [6.45, 7) is 0. The largest absolute Gasteiger partial charge is 0.256 e. The van der Waals surface area contributed by atoms with Crippen LogP contribution in [0.2, 0.25) is 0 Å². The third-order valence-electron chi connectivity index (χ3n) is 2.71. The fraction of sp³-hybridized carbons (Fsp3) is 0.250. The first-order chi connectivity index (χ1) is 10.2. The SMILES string of the molecule is CON1NN=C(C(Cl)(Cl)Cl)C(c2ccccc2)=C1C(Cl)(Cl)Cl. The molecular weight excluding hydrogens is 415 g/mol. The van der Waals surface area contributed by atoms with Gasteiger partial charge in [0.05, 0.1) is 7.11 Å². The van der Waals surface area contributed by atoms with Crippen LogP contribution in [0.3, 0.4) is 0 Å². The number of alkyl halides is 6. The summed E-state index contributed by atoms with van der Waals surface area (Å²) in [5.41, 5.74) is 3.72. The van der Waals surface area contributed by atoms with Gasteiger partial charge in [-0.25, -0.2) is 0 Å². The Kier molecular flexibility index (Phi) is 5.66. The Morgan fingerprint density at radius 1 is 1.00 bits per heavy atom. The quantitative estimate of drug-likeness (QED) is 0.689. The van der Waals surface area contributed by atoms with E-state index in [0.717, 1.165) is 5.17 Å². The molecule has 2 rings (SSSR count). The van der Waals surface area contributed by atoms with Gasteiger partial charge in [-0.1, -0.05) is 99.9 Å². The highest BCUT2D eigenvalue weighted by Crippen LogP contribution is 2.45. The second-order valence-electron chi connectivity index (χ2n) is 4.12. The summed E-state index contributed by atoms with van der Waals surface area (Å²) in [7, 11) is 1.38. The second kappa shape index (κ2) is 6.81. The molecule has 0 amide bonds. The molecule has 1 aromatic rings. The first-order valence-electron chi connectivity index (χ1n) is 5.78. The number of benzene rings is 1. The van der Waals surface area contributed by atoms with Crippen LogP contribution < -0.4 is 5.53 Å². The van der Waals surface area contributed by atoms with E-state index in [2.05, 4.69) is 10.6 Å². The Labute approximate surface area is 157 Å². The standard InChI is InChI=1S/C12H9Cl6N3O/c1-22-21-10(12(16,17)18)8(7-5-3-2-4-6-7)9(19-20-21)11(13,14)15/h2-6,20H,1H3. The molecule has 1 heterocycles. The van der Waals surface area contributed by atoms with Crippen LogP contribution in [-0.2, 0) is 4.84 Å². The van der Waals surface area contributed by atoms with Crippen LogP contribution >= 0.6 is 69.6 Å². The van der Waals surface area contributed by atoms with Crippen LogP contribution in [0.4, 0.5) is 0 Å². The van der Waals surface area contributed by atoms with Crippen molar-refractivity contribution in [3.8, 4) is 0 Å². The van der Waals surface area contributed by atoms with Crippen molar-refractivity contribution in [3.05, 3.63) is 41.6 Å². The highest BCUT2D eigenvalue weighted by atomic mass is 35.6. The molecule has 10 heteroatoms. The van der Waals surface area contributed by atoms with E-state index in [9.17, 15) is 0 Å². The molecule has 1 N–H and O–H groups in total. The normalized spacial score (nSPS) is 16.5. The van der Waals surface area contributed by atoms with Crippen LogP contribution in [0, 0.1) is 0 Å². The number of hydrogen-bond donors (Lipinski definition) is 1. The van der Waals surface area contributed by atoms with Crippen molar-refractivity contribution in [2.24, 2.45) is 5.10 Å². The molecule has 0 aliphatic carbocycles. The van der Waals surface area contributed by atoms with Crippen molar-refractivity contribution in [1.82, 2.24) is 10.7 Å². The zero-order valence-corrected chi connectivity index (χ0v) is 15.5. The molecule has 120 valence electrons. The lowest BCUT2D eigenvalue weighted by Crippen LogP contribution is -2.45. The molecule has 22 heavy (non-hydrogen) atoms. The summed E-state index contributed by atoms with van der Waals surface area (Å²) in [5.74, 6) is 0. The van der Waals surface area contributed by atoms with E-state index >= 15 is 0 Å². The van der Waals surface area contributed by atoms with E-state index in [1.54, 1.807) is 24.3 Å². The number of nitrogens with one attached hydrogen (secondary N) is 1. The number of rotatable bonds is 2. The van der Waals surface area contributed by atoms with E-state index in [1.165, 1.54) is 7.11 Å². The molecule has 4 nitrogen and oxygen atoms in total. The number of nitrogens with zero attached hydrogens (tertiary/aromatic N) is 2. The number of halogens is 6. The molecule has 0 spiro atoms. The van der Waals surface area contributed by atoms with Gasteiger partial charge in [-0.2, -0.15) is 10.6 Å². The van der Waals surface area contributed by atoms with Gasteiger partial charge in [-0.05, 0) is 5.56 Å². The zero-order valence-electron chi connectivity index (χ0n) is 11.0. The smallest absolute Gasteiger partial charge is 0.235 e. The Hall–Kier alpha value is -0.0700. The predicted octanol–water partition coefficient (Wildman–Crippen LogP) is 4.88. The molecule has 0 saturated carbocycles. The lowest BCUT2D eigenvalue weighted by molar-refractivity contribution is -0.142. The summed E-state index contributed by atoms with van der Waals surface area (Å²) in [4.78, 5) is 5.12. The maximum atomic E-state index is 6.07. The second-order valence-corrected chi connectivity index (χ2v) is 8.68. The zero-order chi connectivity index (χ0) is 16.5. The van der Waals surface area contributed by atoms with E-state index in [0.29, 0.717) is 11.1 Å². The van der Waals surface area contributed by atoms with E-state index < -0.39 is 7.59 Å². The molecule has 0 bridgehead atoms. The van der Waals surface area contributed by atoms with Gasteiger partial charge in [0.2, 0.25) is 7.59 Å². The molecular formula is C12H9Cl6N3O. The van der Waals surface area contributed by atoms with Gasteiger partial charge in [-0.15, -0.1) is 5.17 Å². The molecule has 0 unspecified atom stereocenters. The van der Waals surface area contributed by atoms with Gasteiger partial charge < -0.3 is 0 Å². The highest BCUT2D eigenvalue weighted by molar-refractivity contribution is 6.80. The van der Waals surface area contributed by atoms with Crippen LogP contribution in [0.15, 0.2) is 41.1 Å². The predicted molar refractivity (Wildman–Crippen MR) is 93.4 cm³/mol. The molecule has 1 aliphatic rings. The highest BCUT2D eigenvalue weighted by Gasteiger charge is 2.44. The van der Waals surface area contributed by atoms with Gasteiger partial charge in [0.15, 0.2) is 0 Å². The van der Waals surface area contributed by atoms with Crippen LogP contribution in [0.5, 0.6) is 0 Å². The van der Waals surface area contributed by atoms with Gasteiger partial charge in [-0.3, -0.25) is 4.84 Å². The Balaban J connectivity index is 2.76. The van der Waals surface area contributed by atoms with E-state index in [-0.39, 0.29) is 11.4 Å². The minimum Gasteiger partial charge on any atom is -0.256 e. The van der Waals surface area contributed by atoms with E-state index in [4.69, 9.17) is 74.4 Å². The summed E-state index contributed by atoms with van der Waals surface area (Å²) >= 11 is 36.2. The summed E-state index contributed by atoms with van der Waals surface area (Å²) in [5, 5.41) is 5.10. The molecule has 0 fully saturated rings. The van der Waals surface area contributed by atoms with Crippen LogP contribution in [0.25, 0.3) is 5.57 Å². The summed E-state index contributed by atoms with van der Waals surface area (Å²) in [6, 6.07) is 8.98. The van der Waals surface area contributed by atoms with Crippen LogP contribution in [-0.4, -0.2) is 25.6 Å². The average Bonchev–Trinajstić information content (AvgIpc) is 2.44. The summed E-state index contributed by atoms with van der Waals surface area (Å²) in [6.07, 6.45) is 0. The molecule has 1 aromatic carbocycles. The maximum absolute atomic E-state index is 6.07. The third kappa shape index (κ3) is 3.88. The lowest BCUT2D eigenvalue weighted by Gasteiger charge is -2.35. The molecule has 0 atom stereocenters. The van der Waals surface area contributed by atoms with Crippen LogP contribution in [0.1, 0.15) is 5.56 Å². The average molecular weight is 424 g/mol. The number of hydrazine groups is 1. The number of hydrazone groups is 1. The maximum Gasteiger partial charge on any atom is 0.235 e. The first kappa shape index (κ1) is 18.3. The fourth-order valence-corrected chi connectivity index (χ4v) is 2.81. The molecule has 0 saturated heterocycles. The minimum absolute atomic E-state index is 0.0818. The van der Waals surface area contributed by atoms with Crippen molar-refractivity contribution in [2.75, 3.05) is 7.11 Å². The topological polar surface area (TPSA) is 36.9 Å². The van der Waals surface area contributed by atoms with Crippen molar-refractivity contribution in [3.63, 3.8) is 0 Å². The number of hydroxylamine groups is 1. The Bertz CT molecular complexity index is 606. The Morgan fingerprint density at radius 3 is 2.05 bits per heavy atom.